The summed E-state index contributed by atoms with van der Waals surface area (Å²) in [6, 6.07) is 19.3. The van der Waals surface area contributed by atoms with Gasteiger partial charge in [-0.1, -0.05) is 30.3 Å². The molecule has 5 heteroatoms. The summed E-state index contributed by atoms with van der Waals surface area (Å²) in [7, 11) is 0. The van der Waals surface area contributed by atoms with Gasteiger partial charge in [-0.25, -0.2) is 0 Å². The molecule has 0 aliphatic rings. The zero-order valence-corrected chi connectivity index (χ0v) is 15.6. The Labute approximate surface area is 159 Å². The SMILES string of the molecule is CCOc1ccccc1NC(=O)c1cncc(N(CC)c2ccccc2)c1. The summed E-state index contributed by atoms with van der Waals surface area (Å²) in [5.41, 5.74) is 3.06. The number of para-hydroxylation sites is 3. The van der Waals surface area contributed by atoms with Crippen LogP contribution in [0, 0.1) is 0 Å². The topological polar surface area (TPSA) is 54.5 Å². The molecule has 0 aliphatic carbocycles. The van der Waals surface area contributed by atoms with Crippen molar-refractivity contribution in [3.8, 4) is 5.75 Å². The number of benzene rings is 2. The highest BCUT2D eigenvalue weighted by Gasteiger charge is 2.13. The number of anilines is 3. The van der Waals surface area contributed by atoms with Gasteiger partial charge in [0.2, 0.25) is 0 Å². The minimum atomic E-state index is -0.222. The summed E-state index contributed by atoms with van der Waals surface area (Å²) in [6.45, 7) is 5.28. The fourth-order valence-corrected chi connectivity index (χ4v) is 2.87. The van der Waals surface area contributed by atoms with Crippen molar-refractivity contribution in [2.45, 2.75) is 13.8 Å². The average Bonchev–Trinajstić information content (AvgIpc) is 2.71. The molecule has 0 saturated carbocycles. The van der Waals surface area contributed by atoms with Crippen LogP contribution in [0.5, 0.6) is 5.75 Å². The van der Waals surface area contributed by atoms with Gasteiger partial charge in [-0.2, -0.15) is 0 Å². The Hall–Kier alpha value is -3.34. The number of pyridine rings is 1. The van der Waals surface area contributed by atoms with Crippen LogP contribution in [0.1, 0.15) is 24.2 Å². The first-order valence-corrected chi connectivity index (χ1v) is 9.03. The van der Waals surface area contributed by atoms with Crippen LogP contribution in [0.3, 0.4) is 0 Å². The van der Waals surface area contributed by atoms with E-state index in [-0.39, 0.29) is 5.91 Å². The van der Waals surface area contributed by atoms with E-state index in [1.54, 1.807) is 12.4 Å². The molecule has 1 aromatic heterocycles. The van der Waals surface area contributed by atoms with Crippen LogP contribution in [0.25, 0.3) is 0 Å². The highest BCUT2D eigenvalue weighted by atomic mass is 16.5. The number of hydrogen-bond donors (Lipinski definition) is 1. The summed E-state index contributed by atoms with van der Waals surface area (Å²) >= 11 is 0. The Morgan fingerprint density at radius 3 is 2.48 bits per heavy atom. The van der Waals surface area contributed by atoms with Crippen LogP contribution in [0.15, 0.2) is 73.1 Å². The van der Waals surface area contributed by atoms with E-state index in [0.29, 0.717) is 23.6 Å². The van der Waals surface area contributed by atoms with Gasteiger partial charge in [-0.15, -0.1) is 0 Å². The van der Waals surface area contributed by atoms with E-state index in [0.717, 1.165) is 17.9 Å². The normalized spacial score (nSPS) is 10.3. The van der Waals surface area contributed by atoms with Crippen molar-refractivity contribution in [1.82, 2.24) is 4.98 Å². The van der Waals surface area contributed by atoms with E-state index >= 15 is 0 Å². The molecule has 27 heavy (non-hydrogen) atoms. The van der Waals surface area contributed by atoms with Gasteiger partial charge >= 0.3 is 0 Å². The number of nitrogens with one attached hydrogen (secondary N) is 1. The molecular weight excluding hydrogens is 338 g/mol. The second-order valence-corrected chi connectivity index (χ2v) is 5.89. The van der Waals surface area contributed by atoms with Gasteiger partial charge in [0.25, 0.3) is 5.91 Å². The monoisotopic (exact) mass is 361 g/mol. The minimum Gasteiger partial charge on any atom is -0.492 e. The van der Waals surface area contributed by atoms with Crippen LogP contribution in [0.2, 0.25) is 0 Å². The summed E-state index contributed by atoms with van der Waals surface area (Å²) in [4.78, 5) is 19.1. The Morgan fingerprint density at radius 2 is 1.74 bits per heavy atom. The van der Waals surface area contributed by atoms with Gasteiger partial charge < -0.3 is 15.0 Å². The molecule has 1 heterocycles. The molecule has 2 aromatic carbocycles. The maximum Gasteiger partial charge on any atom is 0.257 e. The van der Waals surface area contributed by atoms with E-state index in [2.05, 4.69) is 22.1 Å². The van der Waals surface area contributed by atoms with Gasteiger partial charge in [-0.3, -0.25) is 9.78 Å². The lowest BCUT2D eigenvalue weighted by Crippen LogP contribution is -2.18. The molecule has 0 fully saturated rings. The van der Waals surface area contributed by atoms with Crippen molar-refractivity contribution >= 4 is 23.0 Å². The van der Waals surface area contributed by atoms with Crippen LogP contribution in [-0.2, 0) is 0 Å². The third kappa shape index (κ3) is 4.44. The fourth-order valence-electron chi connectivity index (χ4n) is 2.87. The van der Waals surface area contributed by atoms with Gasteiger partial charge in [0.15, 0.2) is 0 Å². The number of amides is 1. The standard InChI is InChI=1S/C22H23N3O2/c1-3-25(18-10-6-5-7-11-18)19-14-17(15-23-16-19)22(26)24-20-12-8-9-13-21(20)27-4-2/h5-16H,3-4H2,1-2H3,(H,24,26). The number of aromatic nitrogens is 1. The zero-order chi connectivity index (χ0) is 19.1. The maximum atomic E-state index is 12.7. The molecule has 0 saturated heterocycles. The van der Waals surface area contributed by atoms with Crippen LogP contribution >= 0.6 is 0 Å². The molecule has 1 N–H and O–H groups in total. The molecule has 1 amide bonds. The van der Waals surface area contributed by atoms with E-state index in [9.17, 15) is 4.79 Å². The zero-order valence-electron chi connectivity index (χ0n) is 15.6. The molecule has 0 bridgehead atoms. The average molecular weight is 361 g/mol. The van der Waals surface area contributed by atoms with E-state index in [1.807, 2.05) is 67.6 Å². The minimum absolute atomic E-state index is 0.222. The number of carbonyl (C=O) groups excluding carboxylic acids is 1. The smallest absolute Gasteiger partial charge is 0.257 e. The second kappa shape index (κ2) is 8.85. The predicted molar refractivity (Wildman–Crippen MR) is 109 cm³/mol. The third-order valence-corrected chi connectivity index (χ3v) is 4.12. The molecule has 0 aliphatic heterocycles. The van der Waals surface area contributed by atoms with Crippen LogP contribution in [-0.4, -0.2) is 24.0 Å². The molecule has 0 spiro atoms. The highest BCUT2D eigenvalue weighted by molar-refractivity contribution is 6.05. The van der Waals surface area contributed by atoms with Gasteiger partial charge in [0, 0.05) is 18.4 Å². The van der Waals surface area contributed by atoms with Crippen LogP contribution in [0.4, 0.5) is 17.1 Å². The van der Waals surface area contributed by atoms with Gasteiger partial charge in [-0.05, 0) is 44.2 Å². The van der Waals surface area contributed by atoms with Crippen LogP contribution < -0.4 is 15.0 Å². The molecule has 0 radical (unpaired) electrons. The molecule has 0 atom stereocenters. The molecule has 138 valence electrons. The molecule has 5 nitrogen and oxygen atoms in total. The molecule has 3 aromatic rings. The van der Waals surface area contributed by atoms with Crippen molar-refractivity contribution in [3.05, 3.63) is 78.6 Å². The Kier molecular flexibility index (Phi) is 6.05. The lowest BCUT2D eigenvalue weighted by molar-refractivity contribution is 0.102. The molecular formula is C22H23N3O2. The summed E-state index contributed by atoms with van der Waals surface area (Å²) in [5, 5.41) is 2.91. The summed E-state index contributed by atoms with van der Waals surface area (Å²) in [5.74, 6) is 0.428. The van der Waals surface area contributed by atoms with E-state index < -0.39 is 0 Å². The van der Waals surface area contributed by atoms with Crippen molar-refractivity contribution < 1.29 is 9.53 Å². The number of carbonyl (C=O) groups is 1. The van der Waals surface area contributed by atoms with E-state index in [4.69, 9.17) is 4.74 Å². The lowest BCUT2D eigenvalue weighted by atomic mass is 10.2. The number of rotatable bonds is 7. The van der Waals surface area contributed by atoms with Crippen molar-refractivity contribution in [2.75, 3.05) is 23.4 Å². The Bertz CT molecular complexity index is 897. The lowest BCUT2D eigenvalue weighted by Gasteiger charge is -2.23. The Morgan fingerprint density at radius 1 is 1.00 bits per heavy atom. The number of ether oxygens (including phenoxy) is 1. The highest BCUT2D eigenvalue weighted by Crippen LogP contribution is 2.27. The van der Waals surface area contributed by atoms with Crippen molar-refractivity contribution in [3.63, 3.8) is 0 Å². The maximum absolute atomic E-state index is 12.7. The Balaban J connectivity index is 1.84. The van der Waals surface area contributed by atoms with Crippen molar-refractivity contribution in [1.29, 1.82) is 0 Å². The van der Waals surface area contributed by atoms with E-state index in [1.165, 1.54) is 0 Å². The third-order valence-electron chi connectivity index (χ3n) is 4.12. The predicted octanol–water partition coefficient (Wildman–Crippen LogP) is 4.89. The first-order chi connectivity index (χ1) is 13.2. The largest absolute Gasteiger partial charge is 0.492 e. The number of hydrogen-bond acceptors (Lipinski definition) is 4. The molecule has 3 rings (SSSR count). The van der Waals surface area contributed by atoms with Gasteiger partial charge in [0.05, 0.1) is 29.7 Å². The van der Waals surface area contributed by atoms with Crippen molar-refractivity contribution in [2.24, 2.45) is 0 Å². The fraction of sp³-hybridized carbons (Fsp3) is 0.182. The number of nitrogens with zero attached hydrogens (tertiary/aromatic N) is 2. The first kappa shape index (κ1) is 18.5. The summed E-state index contributed by atoms with van der Waals surface area (Å²) < 4.78 is 5.57. The molecule has 0 unspecified atom stereocenters. The first-order valence-electron chi connectivity index (χ1n) is 9.03. The quantitative estimate of drug-likeness (QED) is 0.651. The summed E-state index contributed by atoms with van der Waals surface area (Å²) in [6.07, 6.45) is 3.34. The van der Waals surface area contributed by atoms with Gasteiger partial charge in [0.1, 0.15) is 5.75 Å². The second-order valence-electron chi connectivity index (χ2n) is 5.89.